The van der Waals surface area contributed by atoms with Crippen molar-refractivity contribution in [3.63, 3.8) is 0 Å². The second kappa shape index (κ2) is 8.89. The largest absolute Gasteiger partial charge is 0.372 e. The predicted molar refractivity (Wildman–Crippen MR) is 101 cm³/mol. The molecule has 134 valence electrons. The van der Waals surface area contributed by atoms with Crippen molar-refractivity contribution in [2.24, 2.45) is 0 Å². The van der Waals surface area contributed by atoms with E-state index in [2.05, 4.69) is 37.3 Å². The van der Waals surface area contributed by atoms with Crippen molar-refractivity contribution in [1.29, 1.82) is 5.26 Å². The summed E-state index contributed by atoms with van der Waals surface area (Å²) in [5, 5.41) is 9.41. The van der Waals surface area contributed by atoms with E-state index in [1.807, 2.05) is 41.5 Å². The van der Waals surface area contributed by atoms with Crippen LogP contribution in [0.25, 0.3) is 0 Å². The van der Waals surface area contributed by atoms with Gasteiger partial charge in [0.1, 0.15) is 6.10 Å². The van der Waals surface area contributed by atoms with Crippen molar-refractivity contribution in [3.05, 3.63) is 29.8 Å². The van der Waals surface area contributed by atoms with Gasteiger partial charge in [0, 0.05) is 17.1 Å². The molecule has 0 saturated carbocycles. The summed E-state index contributed by atoms with van der Waals surface area (Å²) in [4.78, 5) is 1.22. The van der Waals surface area contributed by atoms with Gasteiger partial charge in [0.25, 0.3) is 0 Å². The minimum atomic E-state index is -0.462. The lowest BCUT2D eigenvalue weighted by molar-refractivity contribution is -0.0903. The summed E-state index contributed by atoms with van der Waals surface area (Å²) in [6.07, 6.45) is 0.0726. The second-order valence-corrected chi connectivity index (χ2v) is 9.15. The normalized spacial score (nSPS) is 14.9. The molecule has 0 bridgehead atoms. The molecule has 0 unspecified atom stereocenters. The monoisotopic (exact) mass is 349 g/mol. The molecule has 0 radical (unpaired) electrons. The van der Waals surface area contributed by atoms with Gasteiger partial charge in [0.2, 0.25) is 0 Å². The van der Waals surface area contributed by atoms with Gasteiger partial charge in [-0.25, -0.2) is 0 Å². The van der Waals surface area contributed by atoms with Crippen molar-refractivity contribution in [3.8, 4) is 6.07 Å². The van der Waals surface area contributed by atoms with Gasteiger partial charge in [-0.2, -0.15) is 5.26 Å². The molecule has 0 spiro atoms. The predicted octanol–water partition coefficient (Wildman–Crippen LogP) is 5.37. The SMILES string of the molecule is Cc1ccc(SC[C@H](C[C@@H](C#N)OC(C)(C)C)OC(C)(C)C)cc1. The standard InChI is InChI=1S/C20H31NO2S/c1-15-8-10-18(11-9-15)24-14-17(23-20(5,6)7)12-16(13-21)22-19(2,3)4/h8-11,16-17H,12,14H2,1-7H3/t16-,17-/m0/s1. The first kappa shape index (κ1) is 21.0. The molecule has 0 aromatic heterocycles. The number of thioether (sulfide) groups is 1. The van der Waals surface area contributed by atoms with Crippen LogP contribution in [0, 0.1) is 18.3 Å². The summed E-state index contributed by atoms with van der Waals surface area (Å²) in [6.45, 7) is 14.1. The van der Waals surface area contributed by atoms with Crippen LogP contribution < -0.4 is 0 Å². The summed E-state index contributed by atoms with van der Waals surface area (Å²) in [7, 11) is 0. The molecule has 0 aliphatic rings. The van der Waals surface area contributed by atoms with Gasteiger partial charge >= 0.3 is 0 Å². The first-order valence-electron chi connectivity index (χ1n) is 8.43. The Balaban J connectivity index is 2.72. The minimum absolute atomic E-state index is 0.0386. The Hall–Kier alpha value is -1.02. The highest BCUT2D eigenvalue weighted by Crippen LogP contribution is 2.25. The van der Waals surface area contributed by atoms with Crippen molar-refractivity contribution in [1.82, 2.24) is 0 Å². The van der Waals surface area contributed by atoms with Gasteiger partial charge in [-0.3, -0.25) is 0 Å². The Morgan fingerprint density at radius 1 is 1.00 bits per heavy atom. The number of hydrogen-bond acceptors (Lipinski definition) is 4. The van der Waals surface area contributed by atoms with E-state index >= 15 is 0 Å². The van der Waals surface area contributed by atoms with Gasteiger partial charge in [0.05, 0.1) is 23.4 Å². The molecule has 2 atom stereocenters. The lowest BCUT2D eigenvalue weighted by atomic mass is 10.1. The maximum Gasteiger partial charge on any atom is 0.147 e. The van der Waals surface area contributed by atoms with Crippen molar-refractivity contribution >= 4 is 11.8 Å². The van der Waals surface area contributed by atoms with Crippen LogP contribution in [0.5, 0.6) is 0 Å². The van der Waals surface area contributed by atoms with Gasteiger partial charge in [-0.1, -0.05) is 17.7 Å². The topological polar surface area (TPSA) is 42.2 Å². The fourth-order valence-electron chi connectivity index (χ4n) is 2.27. The molecule has 0 amide bonds. The van der Waals surface area contributed by atoms with E-state index in [9.17, 15) is 5.26 Å². The average molecular weight is 350 g/mol. The molecule has 0 aliphatic carbocycles. The van der Waals surface area contributed by atoms with Crippen LogP contribution >= 0.6 is 11.8 Å². The van der Waals surface area contributed by atoms with Crippen molar-refractivity contribution in [2.45, 2.75) is 83.2 Å². The molecule has 3 nitrogen and oxygen atoms in total. The maximum atomic E-state index is 9.41. The van der Waals surface area contributed by atoms with E-state index in [4.69, 9.17) is 9.47 Å². The molecule has 1 aromatic carbocycles. The molecule has 0 N–H and O–H groups in total. The third kappa shape index (κ3) is 9.32. The van der Waals surface area contributed by atoms with Crippen LogP contribution in [0.2, 0.25) is 0 Å². The number of benzene rings is 1. The summed E-state index contributed by atoms with van der Waals surface area (Å²) >= 11 is 1.76. The lowest BCUT2D eigenvalue weighted by Gasteiger charge is -2.30. The number of nitrogens with zero attached hydrogens (tertiary/aromatic N) is 1. The molecule has 1 aromatic rings. The molecule has 24 heavy (non-hydrogen) atoms. The number of aryl methyl sites for hydroxylation is 1. The summed E-state index contributed by atoms with van der Waals surface area (Å²) in [5.41, 5.74) is 0.668. The van der Waals surface area contributed by atoms with E-state index in [-0.39, 0.29) is 17.3 Å². The van der Waals surface area contributed by atoms with Crippen LogP contribution in [-0.2, 0) is 9.47 Å². The smallest absolute Gasteiger partial charge is 0.147 e. The Kier molecular flexibility index (Phi) is 7.79. The van der Waals surface area contributed by atoms with E-state index < -0.39 is 6.10 Å². The zero-order chi connectivity index (χ0) is 18.4. The number of rotatable bonds is 7. The van der Waals surface area contributed by atoms with E-state index in [1.165, 1.54) is 10.5 Å². The van der Waals surface area contributed by atoms with E-state index in [1.54, 1.807) is 11.8 Å². The van der Waals surface area contributed by atoms with Crippen molar-refractivity contribution < 1.29 is 9.47 Å². The number of hydrogen-bond donors (Lipinski definition) is 0. The fourth-order valence-corrected chi connectivity index (χ4v) is 3.18. The maximum absolute atomic E-state index is 9.41. The van der Waals surface area contributed by atoms with E-state index in [0.717, 1.165) is 5.75 Å². The first-order valence-corrected chi connectivity index (χ1v) is 9.42. The van der Waals surface area contributed by atoms with Crippen LogP contribution in [0.4, 0.5) is 0 Å². The van der Waals surface area contributed by atoms with Crippen LogP contribution in [0.15, 0.2) is 29.2 Å². The molecular weight excluding hydrogens is 318 g/mol. The van der Waals surface area contributed by atoms with Gasteiger partial charge in [-0.15, -0.1) is 11.8 Å². The second-order valence-electron chi connectivity index (χ2n) is 8.06. The third-order valence-corrected chi connectivity index (χ3v) is 4.24. The van der Waals surface area contributed by atoms with Crippen LogP contribution in [0.3, 0.4) is 0 Å². The van der Waals surface area contributed by atoms with Crippen LogP contribution in [-0.4, -0.2) is 29.2 Å². The summed E-state index contributed by atoms with van der Waals surface area (Å²) < 4.78 is 12.0. The molecule has 0 heterocycles. The lowest BCUT2D eigenvalue weighted by Crippen LogP contribution is -2.35. The van der Waals surface area contributed by atoms with Crippen molar-refractivity contribution in [2.75, 3.05) is 5.75 Å². The van der Waals surface area contributed by atoms with Crippen LogP contribution in [0.1, 0.15) is 53.5 Å². The highest BCUT2D eigenvalue weighted by Gasteiger charge is 2.26. The zero-order valence-electron chi connectivity index (χ0n) is 16.1. The van der Waals surface area contributed by atoms with Gasteiger partial charge in [0.15, 0.2) is 0 Å². The molecule has 0 aliphatic heterocycles. The molecule has 0 fully saturated rings. The quantitative estimate of drug-likeness (QED) is 0.621. The molecule has 1 rings (SSSR count). The molecular formula is C20H31NO2S. The Labute approximate surface area is 151 Å². The Morgan fingerprint density at radius 2 is 1.54 bits per heavy atom. The molecule has 4 heteroatoms. The molecule has 0 saturated heterocycles. The minimum Gasteiger partial charge on any atom is -0.372 e. The Morgan fingerprint density at radius 3 is 2.00 bits per heavy atom. The number of nitriles is 1. The van der Waals surface area contributed by atoms with E-state index in [0.29, 0.717) is 6.42 Å². The summed E-state index contributed by atoms with van der Waals surface area (Å²) in [5.74, 6) is 0.798. The van der Waals surface area contributed by atoms with Gasteiger partial charge < -0.3 is 9.47 Å². The summed E-state index contributed by atoms with van der Waals surface area (Å²) in [6, 6.07) is 10.7. The number of ether oxygens (including phenoxy) is 2. The van der Waals surface area contributed by atoms with Gasteiger partial charge in [-0.05, 0) is 60.6 Å². The first-order chi connectivity index (χ1) is 11.0. The highest BCUT2D eigenvalue weighted by molar-refractivity contribution is 7.99. The third-order valence-electron chi connectivity index (χ3n) is 3.09. The fraction of sp³-hybridized carbons (Fsp3) is 0.650. The zero-order valence-corrected chi connectivity index (χ0v) is 16.9. The Bertz CT molecular complexity index is 535. The highest BCUT2D eigenvalue weighted by atomic mass is 32.2. The average Bonchev–Trinajstić information content (AvgIpc) is 2.42.